The maximum atomic E-state index is 11.6. The normalized spacial score (nSPS) is 16.1. The minimum atomic E-state index is -0.862. The highest BCUT2D eigenvalue weighted by Crippen LogP contribution is 2.23. The van der Waals surface area contributed by atoms with E-state index >= 15 is 0 Å². The van der Waals surface area contributed by atoms with Crippen molar-refractivity contribution in [3.8, 4) is 0 Å². The number of likely N-dealkylation sites (tertiary alicyclic amines) is 1. The molecule has 0 aromatic heterocycles. The topological polar surface area (TPSA) is 57.6 Å². The van der Waals surface area contributed by atoms with Gasteiger partial charge >= 0.3 is 5.97 Å². The molecule has 20 heavy (non-hydrogen) atoms. The van der Waals surface area contributed by atoms with Gasteiger partial charge in [0.1, 0.15) is 0 Å². The molecule has 1 heterocycles. The van der Waals surface area contributed by atoms with Crippen molar-refractivity contribution in [1.29, 1.82) is 0 Å². The molecule has 4 nitrogen and oxygen atoms in total. The van der Waals surface area contributed by atoms with Crippen molar-refractivity contribution < 1.29 is 14.7 Å². The first-order valence-corrected chi connectivity index (χ1v) is 7.20. The van der Waals surface area contributed by atoms with Gasteiger partial charge in [-0.15, -0.1) is 0 Å². The van der Waals surface area contributed by atoms with Crippen LogP contribution in [0.3, 0.4) is 0 Å². The number of rotatable bonds is 4. The van der Waals surface area contributed by atoms with E-state index in [2.05, 4.69) is 0 Å². The monoisotopic (exact) mass is 275 g/mol. The van der Waals surface area contributed by atoms with Crippen LogP contribution in [0.15, 0.2) is 24.3 Å². The smallest absolute Gasteiger partial charge is 0.335 e. The van der Waals surface area contributed by atoms with Crippen molar-refractivity contribution in [3.05, 3.63) is 35.4 Å². The van der Waals surface area contributed by atoms with Gasteiger partial charge in [-0.2, -0.15) is 0 Å². The number of carboxylic acids is 1. The van der Waals surface area contributed by atoms with Crippen molar-refractivity contribution in [2.75, 3.05) is 13.1 Å². The molecular weight excluding hydrogens is 254 g/mol. The highest BCUT2D eigenvalue weighted by Gasteiger charge is 2.23. The third-order valence-electron chi connectivity index (χ3n) is 4.03. The van der Waals surface area contributed by atoms with Crippen LogP contribution in [-0.2, 0) is 11.2 Å². The summed E-state index contributed by atoms with van der Waals surface area (Å²) in [6, 6.07) is 7.20. The fourth-order valence-electron chi connectivity index (χ4n) is 2.83. The Morgan fingerprint density at radius 3 is 2.50 bits per heavy atom. The maximum absolute atomic E-state index is 11.6. The number of hydrogen-bond acceptors (Lipinski definition) is 2. The Morgan fingerprint density at radius 2 is 1.90 bits per heavy atom. The van der Waals surface area contributed by atoms with Gasteiger partial charge in [0.2, 0.25) is 5.91 Å². The number of piperidine rings is 1. The van der Waals surface area contributed by atoms with Gasteiger partial charge in [-0.1, -0.05) is 25.1 Å². The molecule has 1 amide bonds. The molecule has 0 aliphatic carbocycles. The van der Waals surface area contributed by atoms with E-state index in [-0.39, 0.29) is 5.91 Å². The Kier molecular flexibility index (Phi) is 4.77. The van der Waals surface area contributed by atoms with Gasteiger partial charge < -0.3 is 10.0 Å². The molecule has 1 aliphatic heterocycles. The molecule has 0 atom stereocenters. The lowest BCUT2D eigenvalue weighted by atomic mass is 9.88. The molecule has 0 spiro atoms. The first-order chi connectivity index (χ1) is 9.61. The van der Waals surface area contributed by atoms with E-state index in [4.69, 9.17) is 0 Å². The van der Waals surface area contributed by atoms with E-state index in [1.165, 1.54) is 0 Å². The number of aromatic carboxylic acids is 1. The lowest BCUT2D eigenvalue weighted by Gasteiger charge is -2.32. The summed E-state index contributed by atoms with van der Waals surface area (Å²) < 4.78 is 0. The SMILES string of the molecule is CCC(=O)N1CCC(Cc2ccccc2C(=O)O)CC1. The minimum Gasteiger partial charge on any atom is -0.478 e. The largest absolute Gasteiger partial charge is 0.478 e. The van der Waals surface area contributed by atoms with Crippen LogP contribution >= 0.6 is 0 Å². The summed E-state index contributed by atoms with van der Waals surface area (Å²) in [6.45, 7) is 3.48. The van der Waals surface area contributed by atoms with Crippen molar-refractivity contribution >= 4 is 11.9 Å². The molecule has 4 heteroatoms. The highest BCUT2D eigenvalue weighted by atomic mass is 16.4. The molecule has 108 valence electrons. The molecule has 1 aromatic carbocycles. The van der Waals surface area contributed by atoms with Crippen LogP contribution in [0.1, 0.15) is 42.1 Å². The van der Waals surface area contributed by atoms with Gasteiger partial charge in [-0.05, 0) is 36.8 Å². The maximum Gasteiger partial charge on any atom is 0.335 e. The van der Waals surface area contributed by atoms with E-state index in [0.29, 0.717) is 17.9 Å². The van der Waals surface area contributed by atoms with Crippen molar-refractivity contribution in [3.63, 3.8) is 0 Å². The third kappa shape index (κ3) is 3.38. The van der Waals surface area contributed by atoms with Crippen molar-refractivity contribution in [2.45, 2.75) is 32.6 Å². The predicted molar refractivity (Wildman–Crippen MR) is 76.7 cm³/mol. The zero-order valence-electron chi connectivity index (χ0n) is 11.8. The average Bonchev–Trinajstić information content (AvgIpc) is 2.47. The second-order valence-electron chi connectivity index (χ2n) is 5.34. The minimum absolute atomic E-state index is 0.217. The molecular formula is C16H21NO3. The number of carbonyl (C=O) groups is 2. The van der Waals surface area contributed by atoms with Crippen LogP contribution in [0.2, 0.25) is 0 Å². The third-order valence-corrected chi connectivity index (χ3v) is 4.03. The molecule has 1 N–H and O–H groups in total. The van der Waals surface area contributed by atoms with Gasteiger partial charge in [0.15, 0.2) is 0 Å². The molecule has 1 aliphatic rings. The fourth-order valence-corrected chi connectivity index (χ4v) is 2.83. The number of nitrogens with zero attached hydrogens (tertiary/aromatic N) is 1. The number of amides is 1. The lowest BCUT2D eigenvalue weighted by molar-refractivity contribution is -0.132. The van der Waals surface area contributed by atoms with Crippen LogP contribution in [0, 0.1) is 5.92 Å². The Hall–Kier alpha value is -1.84. The molecule has 0 unspecified atom stereocenters. The number of carboxylic acid groups (broad SMARTS) is 1. The molecule has 2 rings (SSSR count). The number of hydrogen-bond donors (Lipinski definition) is 1. The predicted octanol–water partition coefficient (Wildman–Crippen LogP) is 2.58. The second-order valence-corrected chi connectivity index (χ2v) is 5.34. The Balaban J connectivity index is 1.96. The summed E-state index contributed by atoms with van der Waals surface area (Å²) in [6.07, 6.45) is 3.27. The molecule has 0 bridgehead atoms. The first-order valence-electron chi connectivity index (χ1n) is 7.20. The summed E-state index contributed by atoms with van der Waals surface area (Å²) in [5.74, 6) is -0.176. The Bertz CT molecular complexity index is 490. The van der Waals surface area contributed by atoms with E-state index < -0.39 is 5.97 Å². The first kappa shape index (κ1) is 14.6. The number of benzene rings is 1. The van der Waals surface area contributed by atoms with E-state index in [0.717, 1.165) is 37.9 Å². The van der Waals surface area contributed by atoms with Crippen LogP contribution in [0.4, 0.5) is 0 Å². The molecule has 0 saturated carbocycles. The van der Waals surface area contributed by atoms with Crippen molar-refractivity contribution in [2.24, 2.45) is 5.92 Å². The summed E-state index contributed by atoms with van der Waals surface area (Å²) in [4.78, 5) is 24.7. The molecule has 1 fully saturated rings. The van der Waals surface area contributed by atoms with Gasteiger partial charge in [-0.3, -0.25) is 4.79 Å². The molecule has 1 saturated heterocycles. The standard InChI is InChI=1S/C16H21NO3/c1-2-15(18)17-9-7-12(8-10-17)11-13-5-3-4-6-14(13)16(19)20/h3-6,12H,2,7-11H2,1H3,(H,19,20). The lowest BCUT2D eigenvalue weighted by Crippen LogP contribution is -2.38. The van der Waals surface area contributed by atoms with Gasteiger partial charge in [-0.25, -0.2) is 4.79 Å². The average molecular weight is 275 g/mol. The van der Waals surface area contributed by atoms with Crippen molar-refractivity contribution in [1.82, 2.24) is 4.90 Å². The summed E-state index contributed by atoms with van der Waals surface area (Å²) in [7, 11) is 0. The van der Waals surface area contributed by atoms with Gasteiger partial charge in [0, 0.05) is 19.5 Å². The van der Waals surface area contributed by atoms with E-state index in [9.17, 15) is 14.7 Å². The van der Waals surface area contributed by atoms with Crippen LogP contribution in [0.5, 0.6) is 0 Å². The second kappa shape index (κ2) is 6.55. The van der Waals surface area contributed by atoms with Gasteiger partial charge in [0.25, 0.3) is 0 Å². The Labute approximate surface area is 119 Å². The summed E-state index contributed by atoms with van der Waals surface area (Å²) in [5.41, 5.74) is 1.31. The Morgan fingerprint density at radius 1 is 1.25 bits per heavy atom. The zero-order valence-corrected chi connectivity index (χ0v) is 11.8. The van der Waals surface area contributed by atoms with Crippen LogP contribution < -0.4 is 0 Å². The van der Waals surface area contributed by atoms with E-state index in [1.807, 2.05) is 24.0 Å². The van der Waals surface area contributed by atoms with E-state index in [1.54, 1.807) is 12.1 Å². The quantitative estimate of drug-likeness (QED) is 0.918. The zero-order chi connectivity index (χ0) is 14.5. The molecule has 1 aromatic rings. The van der Waals surface area contributed by atoms with Crippen LogP contribution in [-0.4, -0.2) is 35.0 Å². The van der Waals surface area contributed by atoms with Gasteiger partial charge in [0.05, 0.1) is 5.56 Å². The molecule has 0 radical (unpaired) electrons. The fraction of sp³-hybridized carbons (Fsp3) is 0.500. The summed E-state index contributed by atoms with van der Waals surface area (Å²) in [5, 5.41) is 9.19. The number of carbonyl (C=O) groups excluding carboxylic acids is 1. The highest BCUT2D eigenvalue weighted by molar-refractivity contribution is 5.89. The van der Waals surface area contributed by atoms with Crippen LogP contribution in [0.25, 0.3) is 0 Å². The summed E-state index contributed by atoms with van der Waals surface area (Å²) >= 11 is 0.